The fourth-order valence-electron chi connectivity index (χ4n) is 1.09. The quantitative estimate of drug-likeness (QED) is 0.648. The highest BCUT2D eigenvalue weighted by Gasteiger charge is 2.03. The van der Waals surface area contributed by atoms with Crippen LogP contribution >= 0.6 is 11.8 Å². The predicted molar refractivity (Wildman–Crippen MR) is 50.1 cm³/mol. The van der Waals surface area contributed by atoms with Crippen molar-refractivity contribution in [1.82, 2.24) is 15.2 Å². The Labute approximate surface area is 73.6 Å². The number of H-pyrrole nitrogens is 1. The molecule has 0 aliphatic carbocycles. The Morgan fingerprint density at radius 1 is 1.58 bits per heavy atom. The summed E-state index contributed by atoms with van der Waals surface area (Å²) in [6, 6.07) is 1.85. The fourth-order valence-corrected chi connectivity index (χ4v) is 1.70. The number of fused-ring (bicyclic) bond motifs is 1. The lowest BCUT2D eigenvalue weighted by Gasteiger charge is -1.98. The summed E-state index contributed by atoms with van der Waals surface area (Å²) in [6.07, 6.45) is 3.76. The molecule has 0 spiro atoms. The van der Waals surface area contributed by atoms with Crippen LogP contribution < -0.4 is 5.73 Å². The van der Waals surface area contributed by atoms with Crippen LogP contribution in [0.2, 0.25) is 0 Å². The number of aromatic amines is 1. The number of anilines is 1. The van der Waals surface area contributed by atoms with Gasteiger partial charge in [0.05, 0.1) is 11.6 Å². The van der Waals surface area contributed by atoms with Crippen molar-refractivity contribution in [2.75, 3.05) is 12.0 Å². The minimum atomic E-state index is 0.524. The van der Waals surface area contributed by atoms with Gasteiger partial charge in [0.15, 0.2) is 5.65 Å². The molecule has 2 aromatic rings. The first-order valence-electron chi connectivity index (χ1n) is 3.45. The number of thioether (sulfide) groups is 1. The topological polar surface area (TPSA) is 67.6 Å². The summed E-state index contributed by atoms with van der Waals surface area (Å²) in [7, 11) is 0. The number of hydrogen-bond acceptors (Lipinski definition) is 4. The molecule has 0 aromatic carbocycles. The highest BCUT2D eigenvalue weighted by Crippen LogP contribution is 2.25. The second kappa shape index (κ2) is 2.67. The van der Waals surface area contributed by atoms with Gasteiger partial charge < -0.3 is 5.73 Å². The molecule has 2 aromatic heterocycles. The lowest BCUT2D eigenvalue weighted by molar-refractivity contribution is 1.10. The number of nitrogen functional groups attached to an aromatic ring is 1. The van der Waals surface area contributed by atoms with E-state index >= 15 is 0 Å². The van der Waals surface area contributed by atoms with Crippen molar-refractivity contribution < 1.29 is 0 Å². The Morgan fingerprint density at radius 2 is 2.42 bits per heavy atom. The summed E-state index contributed by atoms with van der Waals surface area (Å²) >= 11 is 1.64. The van der Waals surface area contributed by atoms with Gasteiger partial charge in [-0.1, -0.05) is 0 Å². The summed E-state index contributed by atoms with van der Waals surface area (Å²) in [4.78, 5) is 5.19. The van der Waals surface area contributed by atoms with E-state index in [2.05, 4.69) is 15.2 Å². The Kier molecular flexibility index (Phi) is 1.65. The highest BCUT2D eigenvalue weighted by atomic mass is 32.2. The molecule has 0 unspecified atom stereocenters. The molecular weight excluding hydrogens is 172 g/mol. The van der Waals surface area contributed by atoms with Gasteiger partial charge in [-0.3, -0.25) is 5.10 Å². The first-order chi connectivity index (χ1) is 5.81. The molecule has 0 radical (unpaired) electrons. The molecule has 5 heteroatoms. The van der Waals surface area contributed by atoms with Crippen molar-refractivity contribution in [2.24, 2.45) is 0 Å². The standard InChI is InChI=1S/C7H8N4S/c1-12-5-2-6(8)10-7-4(5)3-9-11-7/h2-3H,1H3,(H3,8,9,10,11). The molecule has 0 aliphatic rings. The zero-order chi connectivity index (χ0) is 8.55. The lowest BCUT2D eigenvalue weighted by Crippen LogP contribution is -1.90. The normalized spacial score (nSPS) is 10.8. The third-order valence-corrected chi connectivity index (χ3v) is 2.40. The van der Waals surface area contributed by atoms with Gasteiger partial charge in [-0.2, -0.15) is 5.10 Å². The average Bonchev–Trinajstić information content (AvgIpc) is 2.50. The third-order valence-electron chi connectivity index (χ3n) is 1.62. The molecule has 2 heterocycles. The molecule has 0 saturated heterocycles. The SMILES string of the molecule is CSc1cc(N)nc2[nH]ncc12. The van der Waals surface area contributed by atoms with Crippen LogP contribution in [-0.4, -0.2) is 21.4 Å². The van der Waals surface area contributed by atoms with E-state index in [0.29, 0.717) is 5.82 Å². The van der Waals surface area contributed by atoms with Crippen molar-refractivity contribution in [3.8, 4) is 0 Å². The van der Waals surface area contributed by atoms with Crippen LogP contribution in [-0.2, 0) is 0 Å². The van der Waals surface area contributed by atoms with Crippen molar-refractivity contribution in [3.05, 3.63) is 12.3 Å². The number of rotatable bonds is 1. The Balaban J connectivity index is 2.80. The summed E-state index contributed by atoms with van der Waals surface area (Å²) < 4.78 is 0. The molecule has 0 bridgehead atoms. The van der Waals surface area contributed by atoms with Gasteiger partial charge in [-0.15, -0.1) is 11.8 Å². The largest absolute Gasteiger partial charge is 0.384 e. The zero-order valence-corrected chi connectivity index (χ0v) is 7.35. The molecule has 4 nitrogen and oxygen atoms in total. The number of pyridine rings is 1. The van der Waals surface area contributed by atoms with E-state index in [1.165, 1.54) is 0 Å². The molecule has 0 amide bonds. The van der Waals surface area contributed by atoms with E-state index in [-0.39, 0.29) is 0 Å². The Bertz CT molecular complexity index is 409. The van der Waals surface area contributed by atoms with Crippen molar-refractivity contribution in [2.45, 2.75) is 4.90 Å². The smallest absolute Gasteiger partial charge is 0.158 e. The van der Waals surface area contributed by atoms with E-state index in [0.717, 1.165) is 15.9 Å². The maximum absolute atomic E-state index is 5.59. The molecule has 0 aliphatic heterocycles. The monoisotopic (exact) mass is 180 g/mol. The number of hydrogen-bond donors (Lipinski definition) is 2. The minimum Gasteiger partial charge on any atom is -0.384 e. The molecule has 0 atom stereocenters. The summed E-state index contributed by atoms with van der Waals surface area (Å²) in [5.41, 5.74) is 6.34. The minimum absolute atomic E-state index is 0.524. The van der Waals surface area contributed by atoms with Gasteiger partial charge in [-0.05, 0) is 12.3 Å². The maximum atomic E-state index is 5.59. The van der Waals surface area contributed by atoms with E-state index in [1.54, 1.807) is 18.0 Å². The average molecular weight is 180 g/mol. The molecule has 62 valence electrons. The fraction of sp³-hybridized carbons (Fsp3) is 0.143. The third kappa shape index (κ3) is 1.02. The van der Waals surface area contributed by atoms with Crippen molar-refractivity contribution in [3.63, 3.8) is 0 Å². The number of nitrogens with one attached hydrogen (secondary N) is 1. The summed E-state index contributed by atoms with van der Waals surface area (Å²) in [5, 5.41) is 7.70. The molecule has 0 fully saturated rings. The molecule has 0 saturated carbocycles. The Hall–Kier alpha value is -1.23. The van der Waals surface area contributed by atoms with Crippen molar-refractivity contribution >= 4 is 28.6 Å². The van der Waals surface area contributed by atoms with Crippen LogP contribution in [0.3, 0.4) is 0 Å². The van der Waals surface area contributed by atoms with E-state index < -0.39 is 0 Å². The van der Waals surface area contributed by atoms with Gasteiger partial charge in [0.2, 0.25) is 0 Å². The number of nitrogens with zero attached hydrogens (tertiary/aromatic N) is 2. The van der Waals surface area contributed by atoms with Crippen LogP contribution in [0.15, 0.2) is 17.2 Å². The van der Waals surface area contributed by atoms with Gasteiger partial charge in [0, 0.05) is 4.90 Å². The van der Waals surface area contributed by atoms with Crippen LogP contribution in [0.1, 0.15) is 0 Å². The molecule has 2 rings (SSSR count). The number of aromatic nitrogens is 3. The predicted octanol–water partition coefficient (Wildman–Crippen LogP) is 1.26. The molecular formula is C7H8N4S. The highest BCUT2D eigenvalue weighted by molar-refractivity contribution is 7.98. The van der Waals surface area contributed by atoms with Gasteiger partial charge in [-0.25, -0.2) is 4.98 Å². The Morgan fingerprint density at radius 3 is 3.17 bits per heavy atom. The second-order valence-electron chi connectivity index (χ2n) is 2.38. The van der Waals surface area contributed by atoms with Crippen LogP contribution in [0.25, 0.3) is 11.0 Å². The summed E-state index contributed by atoms with van der Waals surface area (Å²) in [5.74, 6) is 0.524. The van der Waals surface area contributed by atoms with E-state index in [9.17, 15) is 0 Å². The van der Waals surface area contributed by atoms with Gasteiger partial charge in [0.1, 0.15) is 5.82 Å². The first-order valence-corrected chi connectivity index (χ1v) is 4.67. The van der Waals surface area contributed by atoms with Gasteiger partial charge in [0.25, 0.3) is 0 Å². The molecule has 3 N–H and O–H groups in total. The second-order valence-corrected chi connectivity index (χ2v) is 3.23. The summed E-state index contributed by atoms with van der Waals surface area (Å²) in [6.45, 7) is 0. The van der Waals surface area contributed by atoms with Gasteiger partial charge >= 0.3 is 0 Å². The molecule has 12 heavy (non-hydrogen) atoms. The zero-order valence-electron chi connectivity index (χ0n) is 6.53. The first kappa shape index (κ1) is 7.42. The maximum Gasteiger partial charge on any atom is 0.158 e. The number of nitrogens with two attached hydrogens (primary N) is 1. The van der Waals surface area contributed by atoms with Crippen LogP contribution in [0.4, 0.5) is 5.82 Å². The van der Waals surface area contributed by atoms with Crippen molar-refractivity contribution in [1.29, 1.82) is 0 Å². The van der Waals surface area contributed by atoms with Crippen LogP contribution in [0, 0.1) is 0 Å². The van der Waals surface area contributed by atoms with Crippen LogP contribution in [0.5, 0.6) is 0 Å². The van der Waals surface area contributed by atoms with E-state index in [4.69, 9.17) is 5.73 Å². The van der Waals surface area contributed by atoms with E-state index in [1.807, 2.05) is 12.3 Å². The lowest BCUT2D eigenvalue weighted by atomic mass is 10.3.